The number of aryl methyl sites for hydroxylation is 1. The summed E-state index contributed by atoms with van der Waals surface area (Å²) in [5, 5.41) is 0.528. The van der Waals surface area contributed by atoms with Crippen LogP contribution in [0, 0.1) is 18.3 Å². The summed E-state index contributed by atoms with van der Waals surface area (Å²) >= 11 is 0. The van der Waals surface area contributed by atoms with Crippen molar-refractivity contribution < 1.29 is 9.53 Å². The largest absolute Gasteiger partial charge is 0.495 e. The highest BCUT2D eigenvalue weighted by Gasteiger charge is 2.28. The number of nitrogens with zero attached hydrogens (tertiary/aromatic N) is 3. The molecule has 0 fully saturated rings. The molecule has 0 aliphatic heterocycles. The Hall–Kier alpha value is -3.15. The fraction of sp³-hybridized carbons (Fsp3) is 0.483. The minimum atomic E-state index is -0.406. The fourth-order valence-electron chi connectivity index (χ4n) is 4.98. The molecule has 0 bridgehead atoms. The highest BCUT2D eigenvalue weighted by molar-refractivity contribution is 5.79. The van der Waals surface area contributed by atoms with E-state index in [0.29, 0.717) is 41.1 Å². The van der Waals surface area contributed by atoms with Crippen molar-refractivity contribution in [2.75, 3.05) is 13.7 Å². The van der Waals surface area contributed by atoms with Crippen LogP contribution in [-0.2, 0) is 4.79 Å². The Morgan fingerprint density at radius 3 is 2.46 bits per heavy atom. The molecule has 1 heterocycles. The van der Waals surface area contributed by atoms with Gasteiger partial charge in [-0.1, -0.05) is 45.9 Å². The van der Waals surface area contributed by atoms with Gasteiger partial charge >= 0.3 is 0 Å². The van der Waals surface area contributed by atoms with Crippen LogP contribution >= 0.6 is 0 Å². The van der Waals surface area contributed by atoms with Crippen LogP contribution in [0.1, 0.15) is 71.8 Å². The maximum Gasteiger partial charge on any atom is 0.266 e. The second kappa shape index (κ2) is 10.6. The smallest absolute Gasteiger partial charge is 0.266 e. The molecule has 0 N–H and O–H groups in total. The first kappa shape index (κ1) is 26.5. The molecule has 0 saturated heterocycles. The zero-order valence-corrected chi connectivity index (χ0v) is 22.4. The van der Waals surface area contributed by atoms with Crippen molar-refractivity contribution in [2.45, 2.75) is 67.3 Å². The monoisotopic (exact) mass is 477 g/mol. The van der Waals surface area contributed by atoms with Crippen LogP contribution in [0.15, 0.2) is 47.3 Å². The number of hydrogen-bond donors (Lipinski definition) is 0. The molecule has 2 unspecified atom stereocenters. The second-order valence-electron chi connectivity index (χ2n) is 10.7. The Morgan fingerprint density at radius 2 is 1.83 bits per heavy atom. The molecule has 2 aromatic carbocycles. The number of fused-ring (bicyclic) bond motifs is 1. The lowest BCUT2D eigenvalue weighted by molar-refractivity contribution is -0.134. The summed E-state index contributed by atoms with van der Waals surface area (Å²) in [6.07, 6.45) is 1.42. The van der Waals surface area contributed by atoms with Crippen molar-refractivity contribution in [2.24, 2.45) is 11.3 Å². The Kier molecular flexibility index (Phi) is 8.04. The number of methoxy groups -OCH3 is 1. The molecular weight excluding hydrogens is 438 g/mol. The molecule has 6 heteroatoms. The van der Waals surface area contributed by atoms with E-state index in [9.17, 15) is 9.59 Å². The average molecular weight is 478 g/mol. The number of aromatic nitrogens is 2. The molecule has 0 aliphatic carbocycles. The third-order valence-corrected chi connectivity index (χ3v) is 6.36. The summed E-state index contributed by atoms with van der Waals surface area (Å²) in [6.45, 7) is 15.1. The third-order valence-electron chi connectivity index (χ3n) is 6.36. The Labute approximate surface area is 208 Å². The number of benzene rings is 2. The third kappa shape index (κ3) is 5.92. The molecule has 6 nitrogen and oxygen atoms in total. The Bertz CT molecular complexity index is 1260. The predicted octanol–water partition coefficient (Wildman–Crippen LogP) is 6.07. The van der Waals surface area contributed by atoms with Crippen LogP contribution in [0.2, 0.25) is 0 Å². The van der Waals surface area contributed by atoms with Gasteiger partial charge in [0.2, 0.25) is 5.91 Å². The van der Waals surface area contributed by atoms with Gasteiger partial charge in [0.05, 0.1) is 29.7 Å². The topological polar surface area (TPSA) is 64.4 Å². The highest BCUT2D eigenvalue weighted by atomic mass is 16.5. The lowest BCUT2D eigenvalue weighted by Gasteiger charge is -2.31. The quantitative estimate of drug-likeness (QED) is 0.395. The van der Waals surface area contributed by atoms with Crippen LogP contribution in [0.4, 0.5) is 0 Å². The molecular formula is C29H39N3O3. The summed E-state index contributed by atoms with van der Waals surface area (Å²) in [7, 11) is 1.59. The first-order chi connectivity index (χ1) is 16.5. The molecule has 35 heavy (non-hydrogen) atoms. The Morgan fingerprint density at radius 1 is 1.14 bits per heavy atom. The first-order valence-corrected chi connectivity index (χ1v) is 12.4. The predicted molar refractivity (Wildman–Crippen MR) is 142 cm³/mol. The van der Waals surface area contributed by atoms with Crippen LogP contribution in [0.5, 0.6) is 5.75 Å². The molecule has 188 valence electrons. The zero-order valence-electron chi connectivity index (χ0n) is 22.4. The van der Waals surface area contributed by atoms with E-state index in [-0.39, 0.29) is 22.8 Å². The van der Waals surface area contributed by atoms with Crippen LogP contribution in [0.25, 0.3) is 16.6 Å². The normalized spacial score (nSPS) is 13.5. The van der Waals surface area contributed by atoms with E-state index in [4.69, 9.17) is 9.72 Å². The average Bonchev–Trinajstić information content (AvgIpc) is 2.78. The van der Waals surface area contributed by atoms with E-state index in [0.717, 1.165) is 12.0 Å². The van der Waals surface area contributed by atoms with Gasteiger partial charge in [0.1, 0.15) is 11.6 Å². The summed E-state index contributed by atoms with van der Waals surface area (Å²) in [5.74, 6) is 1.43. The van der Waals surface area contributed by atoms with Gasteiger partial charge < -0.3 is 9.64 Å². The van der Waals surface area contributed by atoms with Crippen molar-refractivity contribution >= 4 is 16.8 Å². The SMILES string of the molecule is CCN(C(=O)CC(C)CC(C)(C)C)C(C)c1nc2ccccc2c(=O)n1-c1cc(C)ccc1OC. The maximum absolute atomic E-state index is 13.8. The van der Waals surface area contributed by atoms with Gasteiger partial charge in [0, 0.05) is 13.0 Å². The van der Waals surface area contributed by atoms with Gasteiger partial charge in [0.25, 0.3) is 5.56 Å². The molecule has 3 rings (SSSR count). The summed E-state index contributed by atoms with van der Waals surface area (Å²) < 4.78 is 7.24. The molecule has 0 spiro atoms. The van der Waals surface area contributed by atoms with Crippen LogP contribution in [-0.4, -0.2) is 34.0 Å². The van der Waals surface area contributed by atoms with Gasteiger partial charge in [-0.05, 0) is 68.4 Å². The number of rotatable bonds is 8. The standard InChI is InChI=1S/C29H39N3O3/c1-9-31(26(33)17-20(3)18-29(5,6)7)21(4)27-30-23-13-11-10-12-22(23)28(34)32(27)24-16-19(2)14-15-25(24)35-8/h10-16,20-21H,9,17-18H2,1-8H3. The molecule has 1 aromatic heterocycles. The molecule has 0 radical (unpaired) electrons. The summed E-state index contributed by atoms with van der Waals surface area (Å²) in [4.78, 5) is 34.0. The molecule has 3 aromatic rings. The van der Waals surface area contributed by atoms with Crippen molar-refractivity contribution in [3.63, 3.8) is 0 Å². The van der Waals surface area contributed by atoms with Crippen LogP contribution < -0.4 is 10.3 Å². The maximum atomic E-state index is 13.8. The lowest BCUT2D eigenvalue weighted by Crippen LogP contribution is -2.38. The number of carbonyl (C=O) groups is 1. The lowest BCUT2D eigenvalue weighted by atomic mass is 9.84. The van der Waals surface area contributed by atoms with Gasteiger partial charge in [0.15, 0.2) is 0 Å². The minimum absolute atomic E-state index is 0.0712. The summed E-state index contributed by atoms with van der Waals surface area (Å²) in [6, 6.07) is 12.7. The van der Waals surface area contributed by atoms with E-state index >= 15 is 0 Å². The van der Waals surface area contributed by atoms with Crippen molar-refractivity contribution in [1.29, 1.82) is 0 Å². The molecule has 1 amide bonds. The number of ether oxygens (including phenoxy) is 1. The van der Waals surface area contributed by atoms with E-state index in [1.54, 1.807) is 17.7 Å². The summed E-state index contributed by atoms with van der Waals surface area (Å²) in [5.41, 5.74) is 2.23. The van der Waals surface area contributed by atoms with Crippen molar-refractivity contribution in [1.82, 2.24) is 14.5 Å². The number of amides is 1. The van der Waals surface area contributed by atoms with Crippen molar-refractivity contribution in [3.8, 4) is 11.4 Å². The molecule has 0 aliphatic rings. The van der Waals surface area contributed by atoms with E-state index in [2.05, 4.69) is 27.7 Å². The number of para-hydroxylation sites is 1. The van der Waals surface area contributed by atoms with E-state index < -0.39 is 6.04 Å². The molecule has 2 atom stereocenters. The highest BCUT2D eigenvalue weighted by Crippen LogP contribution is 2.30. The van der Waals surface area contributed by atoms with Gasteiger partial charge in [-0.25, -0.2) is 4.98 Å². The van der Waals surface area contributed by atoms with Crippen molar-refractivity contribution in [3.05, 3.63) is 64.2 Å². The first-order valence-electron chi connectivity index (χ1n) is 12.4. The van der Waals surface area contributed by atoms with Crippen LogP contribution in [0.3, 0.4) is 0 Å². The van der Waals surface area contributed by atoms with Gasteiger partial charge in [-0.3, -0.25) is 14.2 Å². The minimum Gasteiger partial charge on any atom is -0.495 e. The van der Waals surface area contributed by atoms with E-state index in [1.165, 1.54) is 0 Å². The molecule has 0 saturated carbocycles. The second-order valence-corrected chi connectivity index (χ2v) is 10.7. The van der Waals surface area contributed by atoms with Gasteiger partial charge in [-0.2, -0.15) is 0 Å². The number of carbonyl (C=O) groups excluding carboxylic acids is 1. The Balaban J connectivity index is 2.15. The fourth-order valence-corrected chi connectivity index (χ4v) is 4.98. The van der Waals surface area contributed by atoms with E-state index in [1.807, 2.05) is 62.1 Å². The number of hydrogen-bond acceptors (Lipinski definition) is 4. The zero-order chi connectivity index (χ0) is 25.9. The van der Waals surface area contributed by atoms with Gasteiger partial charge in [-0.15, -0.1) is 0 Å².